The molecule has 1 aromatic rings. The third kappa shape index (κ3) is 3.54. The molecule has 0 spiro atoms. The van der Waals surface area contributed by atoms with Crippen LogP contribution in [0.2, 0.25) is 0 Å². The van der Waals surface area contributed by atoms with Crippen LogP contribution in [0.4, 0.5) is 0 Å². The fourth-order valence-electron chi connectivity index (χ4n) is 2.45. The molecule has 92 valence electrons. The van der Waals surface area contributed by atoms with Gasteiger partial charge in [0.2, 0.25) is 0 Å². The molecule has 1 heterocycles. The molecule has 1 saturated heterocycles. The molecule has 0 aromatic heterocycles. The van der Waals surface area contributed by atoms with E-state index in [0.717, 1.165) is 30.4 Å². The van der Waals surface area contributed by atoms with Crippen LogP contribution in [-0.4, -0.2) is 19.1 Å². The summed E-state index contributed by atoms with van der Waals surface area (Å²) in [6.07, 6.45) is 1.74. The molecule has 0 amide bonds. The largest absolute Gasteiger partial charge is 0.550 e. The first-order valence-electron chi connectivity index (χ1n) is 5.94. The van der Waals surface area contributed by atoms with Gasteiger partial charge in [-0.15, -0.1) is 0 Å². The van der Waals surface area contributed by atoms with Gasteiger partial charge < -0.3 is 14.8 Å². The summed E-state index contributed by atoms with van der Waals surface area (Å²) in [6, 6.07) is 8.19. The number of aliphatic carboxylic acids is 1. The van der Waals surface area contributed by atoms with Crippen LogP contribution in [0.1, 0.15) is 18.4 Å². The van der Waals surface area contributed by atoms with Crippen LogP contribution in [-0.2, 0) is 11.3 Å². The summed E-state index contributed by atoms with van der Waals surface area (Å²) >= 11 is 3.45. The molecular formula is C13H16BrNO2. The first-order valence-corrected chi connectivity index (χ1v) is 6.73. The Labute approximate surface area is 110 Å². The predicted molar refractivity (Wildman–Crippen MR) is 66.3 cm³/mol. The van der Waals surface area contributed by atoms with Crippen molar-refractivity contribution in [3.63, 3.8) is 0 Å². The second kappa shape index (κ2) is 5.65. The lowest BCUT2D eigenvalue weighted by molar-refractivity contribution is -0.921. The predicted octanol–water partition coefficient (Wildman–Crippen LogP) is -0.00610. The summed E-state index contributed by atoms with van der Waals surface area (Å²) in [4.78, 5) is 12.2. The molecule has 1 aromatic carbocycles. The summed E-state index contributed by atoms with van der Waals surface area (Å²) in [6.45, 7) is 2.63. The Morgan fingerprint density at radius 2 is 2.35 bits per heavy atom. The van der Waals surface area contributed by atoms with Gasteiger partial charge in [-0.3, -0.25) is 0 Å². The third-order valence-electron chi connectivity index (χ3n) is 3.29. The minimum absolute atomic E-state index is 0.272. The Bertz CT molecular complexity index is 408. The summed E-state index contributed by atoms with van der Waals surface area (Å²) < 4.78 is 1.07. The van der Waals surface area contributed by atoms with Gasteiger partial charge >= 0.3 is 0 Å². The molecule has 1 N–H and O–H groups in total. The fraction of sp³-hybridized carbons (Fsp3) is 0.462. The number of likely N-dealkylation sites (tertiary alicyclic amines) is 1. The topological polar surface area (TPSA) is 44.6 Å². The number of carbonyl (C=O) groups excluding carboxylic acids is 1. The van der Waals surface area contributed by atoms with Crippen molar-refractivity contribution in [1.82, 2.24) is 0 Å². The van der Waals surface area contributed by atoms with E-state index in [4.69, 9.17) is 0 Å². The maximum absolute atomic E-state index is 10.9. The van der Waals surface area contributed by atoms with Crippen LogP contribution in [0.5, 0.6) is 0 Å². The summed E-state index contributed by atoms with van der Waals surface area (Å²) in [5.74, 6) is -1.16. The standard InChI is InChI=1S/C13H16BrNO2/c14-12-5-1-3-10(7-12)8-15-6-2-4-11(9-15)13(16)17/h1,3,5,7,11H,2,4,6,8-9H2,(H,16,17)/t11-/m0/s1. The van der Waals surface area contributed by atoms with Crippen LogP contribution >= 0.6 is 15.9 Å². The van der Waals surface area contributed by atoms with Crippen molar-refractivity contribution in [2.45, 2.75) is 19.4 Å². The van der Waals surface area contributed by atoms with Crippen molar-refractivity contribution in [2.75, 3.05) is 13.1 Å². The van der Waals surface area contributed by atoms with E-state index in [0.29, 0.717) is 6.54 Å². The average Bonchev–Trinajstić information content (AvgIpc) is 2.29. The highest BCUT2D eigenvalue weighted by atomic mass is 79.9. The third-order valence-corrected chi connectivity index (χ3v) is 3.79. The molecule has 4 heteroatoms. The second-order valence-corrected chi connectivity index (χ2v) is 5.58. The van der Waals surface area contributed by atoms with Crippen molar-refractivity contribution in [2.24, 2.45) is 5.92 Å². The van der Waals surface area contributed by atoms with Crippen molar-refractivity contribution in [3.8, 4) is 0 Å². The van der Waals surface area contributed by atoms with E-state index >= 15 is 0 Å². The number of nitrogens with one attached hydrogen (secondary N) is 1. The number of carbonyl (C=O) groups is 1. The molecular weight excluding hydrogens is 282 g/mol. The second-order valence-electron chi connectivity index (χ2n) is 4.67. The fourth-order valence-corrected chi connectivity index (χ4v) is 2.90. The Morgan fingerprint density at radius 1 is 1.53 bits per heavy atom. The van der Waals surface area contributed by atoms with Crippen LogP contribution in [0.25, 0.3) is 0 Å². The number of halogens is 1. The van der Waals surface area contributed by atoms with Gasteiger partial charge in [0.15, 0.2) is 0 Å². The van der Waals surface area contributed by atoms with Gasteiger partial charge in [0, 0.05) is 16.0 Å². The Morgan fingerprint density at radius 3 is 3.06 bits per heavy atom. The zero-order chi connectivity index (χ0) is 12.3. The first kappa shape index (κ1) is 12.6. The molecule has 0 radical (unpaired) electrons. The molecule has 1 aliphatic rings. The van der Waals surface area contributed by atoms with E-state index in [1.807, 2.05) is 12.1 Å². The molecule has 3 nitrogen and oxygen atoms in total. The van der Waals surface area contributed by atoms with Crippen LogP contribution in [0.15, 0.2) is 28.7 Å². The normalized spacial score (nSPS) is 24.5. The van der Waals surface area contributed by atoms with Gasteiger partial charge in [0.1, 0.15) is 6.54 Å². The van der Waals surface area contributed by atoms with E-state index in [1.54, 1.807) is 0 Å². The van der Waals surface area contributed by atoms with Gasteiger partial charge in [-0.1, -0.05) is 28.1 Å². The zero-order valence-corrected chi connectivity index (χ0v) is 11.2. The number of carboxylic acids is 1. The highest BCUT2D eigenvalue weighted by Gasteiger charge is 2.23. The van der Waals surface area contributed by atoms with Gasteiger partial charge in [-0.2, -0.15) is 0 Å². The lowest BCUT2D eigenvalue weighted by atomic mass is 9.98. The lowest BCUT2D eigenvalue weighted by Crippen LogP contribution is -3.12. The SMILES string of the molecule is O=C([O-])[C@H]1CCC[NH+](Cc2cccc(Br)c2)C1. The number of piperidine rings is 1. The van der Waals surface area contributed by atoms with Crippen molar-refractivity contribution in [1.29, 1.82) is 0 Å². The Hall–Kier alpha value is -0.870. The number of benzene rings is 1. The minimum atomic E-state index is -0.892. The molecule has 1 unspecified atom stereocenters. The smallest absolute Gasteiger partial charge is 0.103 e. The summed E-state index contributed by atoms with van der Waals surface area (Å²) in [7, 11) is 0. The van der Waals surface area contributed by atoms with E-state index in [-0.39, 0.29) is 5.92 Å². The Kier molecular flexibility index (Phi) is 4.18. The monoisotopic (exact) mass is 297 g/mol. The molecule has 2 rings (SSSR count). The van der Waals surface area contributed by atoms with E-state index in [2.05, 4.69) is 28.1 Å². The van der Waals surface area contributed by atoms with Crippen LogP contribution in [0, 0.1) is 5.92 Å². The molecule has 0 bridgehead atoms. The Balaban J connectivity index is 1.97. The molecule has 1 aliphatic heterocycles. The number of hydrogen-bond donors (Lipinski definition) is 1. The number of quaternary nitrogens is 1. The van der Waals surface area contributed by atoms with Crippen molar-refractivity contribution >= 4 is 21.9 Å². The molecule has 0 saturated carbocycles. The van der Waals surface area contributed by atoms with Gasteiger partial charge in [-0.05, 0) is 25.0 Å². The molecule has 17 heavy (non-hydrogen) atoms. The summed E-state index contributed by atoms with van der Waals surface area (Å²) in [5, 5.41) is 10.9. The van der Waals surface area contributed by atoms with E-state index in [1.165, 1.54) is 10.5 Å². The number of carboxylic acid groups (broad SMARTS) is 1. The first-order chi connectivity index (χ1) is 8.15. The van der Waals surface area contributed by atoms with Crippen LogP contribution < -0.4 is 10.0 Å². The quantitative estimate of drug-likeness (QED) is 0.853. The van der Waals surface area contributed by atoms with Gasteiger partial charge in [0.25, 0.3) is 0 Å². The maximum atomic E-state index is 10.9. The lowest BCUT2D eigenvalue weighted by Gasteiger charge is -2.30. The number of rotatable bonds is 3. The van der Waals surface area contributed by atoms with E-state index in [9.17, 15) is 9.90 Å². The van der Waals surface area contributed by atoms with Crippen LogP contribution in [0.3, 0.4) is 0 Å². The molecule has 1 fully saturated rings. The van der Waals surface area contributed by atoms with Gasteiger partial charge in [0.05, 0.1) is 19.1 Å². The molecule has 0 aliphatic carbocycles. The average molecular weight is 298 g/mol. The van der Waals surface area contributed by atoms with Crippen molar-refractivity contribution in [3.05, 3.63) is 34.3 Å². The van der Waals surface area contributed by atoms with Crippen molar-refractivity contribution < 1.29 is 14.8 Å². The highest BCUT2D eigenvalue weighted by molar-refractivity contribution is 9.10. The highest BCUT2D eigenvalue weighted by Crippen LogP contribution is 2.11. The number of hydrogen-bond acceptors (Lipinski definition) is 2. The maximum Gasteiger partial charge on any atom is 0.103 e. The van der Waals surface area contributed by atoms with Gasteiger partial charge in [-0.25, -0.2) is 0 Å². The molecule has 2 atom stereocenters. The zero-order valence-electron chi connectivity index (χ0n) is 9.62. The van der Waals surface area contributed by atoms with E-state index < -0.39 is 5.97 Å². The summed E-state index contributed by atoms with van der Waals surface area (Å²) in [5.41, 5.74) is 1.24. The minimum Gasteiger partial charge on any atom is -0.550 e.